The number of ether oxygens (including phenoxy) is 2. The van der Waals surface area contributed by atoms with E-state index in [0.29, 0.717) is 45.5 Å². The van der Waals surface area contributed by atoms with Crippen LogP contribution in [0.25, 0.3) is 0 Å². The lowest BCUT2D eigenvalue weighted by atomic mass is 10.1. The molecule has 7 heteroatoms. The van der Waals surface area contributed by atoms with Gasteiger partial charge in [0, 0.05) is 32.9 Å². The molecule has 0 rings (SSSR count). The number of ketones is 1. The van der Waals surface area contributed by atoms with Crippen molar-refractivity contribution < 1.29 is 29.0 Å². The fourth-order valence-electron chi connectivity index (χ4n) is 1.39. The Labute approximate surface area is 118 Å². The Morgan fingerprint density at radius 3 is 2.25 bits per heavy atom. The molecule has 0 fully saturated rings. The zero-order valence-electron chi connectivity index (χ0n) is 11.9. The lowest BCUT2D eigenvalue weighted by Gasteiger charge is -2.05. The summed E-state index contributed by atoms with van der Waals surface area (Å²) in [7, 11) is 1.54. The third-order valence-electron chi connectivity index (χ3n) is 2.47. The van der Waals surface area contributed by atoms with Crippen LogP contribution in [0, 0.1) is 0 Å². The molecular formula is C13H23NO6. The molecule has 20 heavy (non-hydrogen) atoms. The van der Waals surface area contributed by atoms with Crippen LogP contribution in [0.15, 0.2) is 0 Å². The fourth-order valence-corrected chi connectivity index (χ4v) is 1.39. The SMILES string of the molecule is CNC(=O)COCCOCCCC(=O)CCCC(=O)O. The van der Waals surface area contributed by atoms with E-state index in [1.54, 1.807) is 0 Å². The van der Waals surface area contributed by atoms with E-state index in [2.05, 4.69) is 5.32 Å². The smallest absolute Gasteiger partial charge is 0.303 e. The monoisotopic (exact) mass is 289 g/mol. The maximum atomic E-state index is 11.4. The molecule has 1 amide bonds. The van der Waals surface area contributed by atoms with Gasteiger partial charge in [-0.05, 0) is 12.8 Å². The Balaban J connectivity index is 3.25. The van der Waals surface area contributed by atoms with Gasteiger partial charge in [0.25, 0.3) is 0 Å². The number of carboxylic acid groups (broad SMARTS) is 1. The van der Waals surface area contributed by atoms with Gasteiger partial charge in [0.2, 0.25) is 5.91 Å². The van der Waals surface area contributed by atoms with Gasteiger partial charge in [-0.25, -0.2) is 0 Å². The van der Waals surface area contributed by atoms with E-state index < -0.39 is 5.97 Å². The molecule has 2 N–H and O–H groups in total. The Hall–Kier alpha value is -1.47. The lowest BCUT2D eigenvalue weighted by Crippen LogP contribution is -2.24. The molecule has 0 saturated carbocycles. The number of carbonyl (C=O) groups excluding carboxylic acids is 2. The normalized spacial score (nSPS) is 10.2. The predicted octanol–water partition coefficient (Wildman–Crippen LogP) is 0.370. The van der Waals surface area contributed by atoms with E-state index in [4.69, 9.17) is 14.6 Å². The zero-order valence-corrected chi connectivity index (χ0v) is 11.9. The molecular weight excluding hydrogens is 266 g/mol. The molecule has 7 nitrogen and oxygen atoms in total. The summed E-state index contributed by atoms with van der Waals surface area (Å²) in [6, 6.07) is 0. The molecule has 0 bridgehead atoms. The highest BCUT2D eigenvalue weighted by molar-refractivity contribution is 5.79. The van der Waals surface area contributed by atoms with Gasteiger partial charge in [0.05, 0.1) is 13.2 Å². The molecule has 0 heterocycles. The number of hydrogen-bond acceptors (Lipinski definition) is 5. The average Bonchev–Trinajstić information content (AvgIpc) is 2.40. The number of carboxylic acids is 1. The quantitative estimate of drug-likeness (QED) is 0.475. The topological polar surface area (TPSA) is 102 Å². The minimum Gasteiger partial charge on any atom is -0.481 e. The third-order valence-corrected chi connectivity index (χ3v) is 2.47. The van der Waals surface area contributed by atoms with E-state index in [-0.39, 0.29) is 24.7 Å². The second-order valence-corrected chi connectivity index (χ2v) is 4.23. The van der Waals surface area contributed by atoms with E-state index >= 15 is 0 Å². The number of hydrogen-bond donors (Lipinski definition) is 2. The van der Waals surface area contributed by atoms with Crippen LogP contribution in [0.2, 0.25) is 0 Å². The summed E-state index contributed by atoms with van der Waals surface area (Å²) in [6.07, 6.45) is 1.74. The first-order chi connectivity index (χ1) is 9.56. The van der Waals surface area contributed by atoms with E-state index in [1.807, 2.05) is 0 Å². The van der Waals surface area contributed by atoms with Crippen molar-refractivity contribution in [3.05, 3.63) is 0 Å². The molecule has 0 spiro atoms. The number of likely N-dealkylation sites (N-methyl/N-ethyl adjacent to an activating group) is 1. The van der Waals surface area contributed by atoms with Crippen LogP contribution in [0.3, 0.4) is 0 Å². The van der Waals surface area contributed by atoms with Crippen LogP contribution in [-0.2, 0) is 23.9 Å². The molecule has 0 atom stereocenters. The van der Waals surface area contributed by atoms with Crippen molar-refractivity contribution in [3.63, 3.8) is 0 Å². The van der Waals surface area contributed by atoms with Gasteiger partial charge in [-0.1, -0.05) is 0 Å². The number of aliphatic carboxylic acids is 1. The van der Waals surface area contributed by atoms with Gasteiger partial charge in [-0.15, -0.1) is 0 Å². The van der Waals surface area contributed by atoms with Crippen LogP contribution in [-0.4, -0.2) is 56.2 Å². The zero-order chi connectivity index (χ0) is 15.2. The first-order valence-corrected chi connectivity index (χ1v) is 6.65. The molecule has 116 valence electrons. The highest BCUT2D eigenvalue weighted by Crippen LogP contribution is 2.02. The third kappa shape index (κ3) is 13.0. The molecule has 0 aromatic rings. The maximum Gasteiger partial charge on any atom is 0.303 e. The van der Waals surface area contributed by atoms with E-state index in [0.717, 1.165) is 0 Å². The highest BCUT2D eigenvalue weighted by Gasteiger charge is 2.04. The number of rotatable bonds is 13. The van der Waals surface area contributed by atoms with Crippen molar-refractivity contribution in [2.75, 3.05) is 33.5 Å². The summed E-state index contributed by atoms with van der Waals surface area (Å²) in [6.45, 7) is 1.18. The van der Waals surface area contributed by atoms with Crippen molar-refractivity contribution in [1.82, 2.24) is 5.32 Å². The maximum absolute atomic E-state index is 11.4. The Bertz CT molecular complexity index is 305. The van der Waals surface area contributed by atoms with Crippen LogP contribution in [0.4, 0.5) is 0 Å². The largest absolute Gasteiger partial charge is 0.481 e. The average molecular weight is 289 g/mol. The fraction of sp³-hybridized carbons (Fsp3) is 0.769. The van der Waals surface area contributed by atoms with Crippen molar-refractivity contribution in [1.29, 1.82) is 0 Å². The Morgan fingerprint density at radius 2 is 1.60 bits per heavy atom. The van der Waals surface area contributed by atoms with Gasteiger partial charge >= 0.3 is 5.97 Å². The van der Waals surface area contributed by atoms with Crippen molar-refractivity contribution in [2.24, 2.45) is 0 Å². The second-order valence-electron chi connectivity index (χ2n) is 4.23. The molecule has 0 aromatic carbocycles. The number of Topliss-reactive ketones (excluding diaryl/α,β-unsaturated/α-hetero) is 1. The van der Waals surface area contributed by atoms with Gasteiger partial charge in [0.15, 0.2) is 0 Å². The summed E-state index contributed by atoms with van der Waals surface area (Å²) in [5.74, 6) is -0.999. The van der Waals surface area contributed by atoms with E-state index in [1.165, 1.54) is 7.05 Å². The first-order valence-electron chi connectivity index (χ1n) is 6.65. The molecule has 0 radical (unpaired) electrons. The van der Waals surface area contributed by atoms with E-state index in [9.17, 15) is 14.4 Å². The predicted molar refractivity (Wildman–Crippen MR) is 71.4 cm³/mol. The Kier molecular flexibility index (Phi) is 11.6. The van der Waals surface area contributed by atoms with Crippen molar-refractivity contribution in [2.45, 2.75) is 32.1 Å². The molecule has 0 unspecified atom stereocenters. The molecule has 0 aliphatic rings. The Morgan fingerprint density at radius 1 is 0.950 bits per heavy atom. The minimum atomic E-state index is -0.877. The van der Waals surface area contributed by atoms with Crippen LogP contribution in [0.5, 0.6) is 0 Å². The summed E-state index contributed by atoms with van der Waals surface area (Å²) < 4.78 is 10.3. The molecule has 0 aromatic heterocycles. The molecule has 0 saturated heterocycles. The summed E-state index contributed by atoms with van der Waals surface area (Å²) in [4.78, 5) is 32.4. The standard InChI is InChI=1S/C13H23NO6/c1-14-12(16)10-20-9-8-19-7-3-5-11(15)4-2-6-13(17)18/h2-10H2,1H3,(H,14,16)(H,17,18). The van der Waals surface area contributed by atoms with Gasteiger partial charge in [-0.3, -0.25) is 14.4 Å². The van der Waals surface area contributed by atoms with Gasteiger partial charge in [0.1, 0.15) is 12.4 Å². The number of nitrogens with one attached hydrogen (secondary N) is 1. The molecule has 0 aliphatic carbocycles. The first kappa shape index (κ1) is 18.5. The van der Waals surface area contributed by atoms with Crippen molar-refractivity contribution in [3.8, 4) is 0 Å². The highest BCUT2D eigenvalue weighted by atomic mass is 16.5. The van der Waals surface area contributed by atoms with Crippen LogP contribution < -0.4 is 5.32 Å². The second kappa shape index (κ2) is 12.6. The van der Waals surface area contributed by atoms with Gasteiger partial charge < -0.3 is 19.9 Å². The number of carbonyl (C=O) groups is 3. The lowest BCUT2D eigenvalue weighted by molar-refractivity contribution is -0.137. The number of amides is 1. The summed E-state index contributed by atoms with van der Waals surface area (Å²) in [5.41, 5.74) is 0. The minimum absolute atomic E-state index is 0.0158. The molecule has 0 aliphatic heterocycles. The summed E-state index contributed by atoms with van der Waals surface area (Å²) >= 11 is 0. The van der Waals surface area contributed by atoms with Gasteiger partial charge in [-0.2, -0.15) is 0 Å². The summed E-state index contributed by atoms with van der Waals surface area (Å²) in [5, 5.41) is 10.9. The van der Waals surface area contributed by atoms with Crippen molar-refractivity contribution >= 4 is 17.7 Å². The van der Waals surface area contributed by atoms with Crippen LogP contribution in [0.1, 0.15) is 32.1 Å². The van der Waals surface area contributed by atoms with Crippen LogP contribution >= 0.6 is 0 Å².